The zero-order valence-corrected chi connectivity index (χ0v) is 11.8. The molecule has 0 radical (unpaired) electrons. The summed E-state index contributed by atoms with van der Waals surface area (Å²) in [5.74, 6) is -2.35. The molecule has 2 rings (SSSR count). The summed E-state index contributed by atoms with van der Waals surface area (Å²) in [4.78, 5) is 10.1. The number of carboxylic acid groups (broad SMARTS) is 1. The van der Waals surface area contributed by atoms with Crippen LogP contribution in [-0.2, 0) is 23.6 Å². The lowest BCUT2D eigenvalue weighted by Gasteiger charge is -2.07. The van der Waals surface area contributed by atoms with Gasteiger partial charge < -0.3 is 5.11 Å². The van der Waals surface area contributed by atoms with Gasteiger partial charge in [0, 0.05) is 25.4 Å². The molecule has 0 saturated carbocycles. The molecule has 9 heteroatoms. The average Bonchev–Trinajstić information content (AvgIpc) is 2.82. The number of nitrogens with one attached hydrogen (secondary N) is 1. The standard InChI is InChI=1S/C12H12FN3O4S/c1-16-7-8(5-14-16)6-15-21(19,20)11-4-9(12(17)18)2-3-10(11)13/h2-5,7,15H,6H2,1H3,(H,17,18). The summed E-state index contributed by atoms with van der Waals surface area (Å²) in [6.07, 6.45) is 3.07. The highest BCUT2D eigenvalue weighted by Gasteiger charge is 2.21. The van der Waals surface area contributed by atoms with Gasteiger partial charge in [-0.3, -0.25) is 4.68 Å². The number of hydrogen-bond acceptors (Lipinski definition) is 4. The summed E-state index contributed by atoms with van der Waals surface area (Å²) >= 11 is 0. The van der Waals surface area contributed by atoms with Crippen LogP contribution in [0.5, 0.6) is 0 Å². The summed E-state index contributed by atoms with van der Waals surface area (Å²) < 4.78 is 41.4. The number of aromatic nitrogens is 2. The molecule has 0 bridgehead atoms. The Balaban J connectivity index is 2.26. The van der Waals surface area contributed by atoms with Crippen molar-refractivity contribution >= 4 is 16.0 Å². The van der Waals surface area contributed by atoms with E-state index in [9.17, 15) is 17.6 Å². The molecular formula is C12H12FN3O4S. The lowest BCUT2D eigenvalue weighted by molar-refractivity contribution is 0.0696. The number of nitrogens with zero attached hydrogens (tertiary/aromatic N) is 2. The molecular weight excluding hydrogens is 301 g/mol. The largest absolute Gasteiger partial charge is 0.478 e. The van der Waals surface area contributed by atoms with E-state index in [-0.39, 0.29) is 12.1 Å². The summed E-state index contributed by atoms with van der Waals surface area (Å²) in [5, 5.41) is 12.7. The predicted molar refractivity (Wildman–Crippen MR) is 70.6 cm³/mol. The average molecular weight is 313 g/mol. The minimum atomic E-state index is -4.16. The number of carboxylic acids is 1. The molecule has 1 aromatic heterocycles. The smallest absolute Gasteiger partial charge is 0.335 e. The molecule has 0 fully saturated rings. The van der Waals surface area contributed by atoms with Gasteiger partial charge in [0.25, 0.3) is 0 Å². The molecule has 0 unspecified atom stereocenters. The van der Waals surface area contributed by atoms with E-state index in [1.807, 2.05) is 0 Å². The third-order valence-corrected chi connectivity index (χ3v) is 4.11. The van der Waals surface area contributed by atoms with Crippen molar-refractivity contribution in [2.75, 3.05) is 0 Å². The van der Waals surface area contributed by atoms with Gasteiger partial charge in [-0.25, -0.2) is 22.3 Å². The molecule has 21 heavy (non-hydrogen) atoms. The molecule has 1 heterocycles. The van der Waals surface area contributed by atoms with Gasteiger partial charge in [-0.2, -0.15) is 5.10 Å². The molecule has 0 atom stereocenters. The third-order valence-electron chi connectivity index (χ3n) is 2.69. The predicted octanol–water partition coefficient (Wildman–Crippen LogP) is 0.736. The number of carbonyl (C=O) groups is 1. The molecule has 2 N–H and O–H groups in total. The van der Waals surface area contributed by atoms with E-state index < -0.39 is 26.7 Å². The molecule has 0 amide bonds. The summed E-state index contributed by atoms with van der Waals surface area (Å²) in [5.41, 5.74) is 0.286. The second-order valence-corrected chi connectivity index (χ2v) is 6.03. The lowest BCUT2D eigenvalue weighted by atomic mass is 10.2. The molecule has 2 aromatic rings. The van der Waals surface area contributed by atoms with Crippen LogP contribution in [0.2, 0.25) is 0 Å². The number of sulfonamides is 1. The van der Waals surface area contributed by atoms with Crippen LogP contribution in [0.4, 0.5) is 4.39 Å². The minimum absolute atomic E-state index is 0.0765. The van der Waals surface area contributed by atoms with Gasteiger partial charge in [-0.05, 0) is 18.2 Å². The third kappa shape index (κ3) is 3.44. The second-order valence-electron chi connectivity index (χ2n) is 4.30. The monoisotopic (exact) mass is 313 g/mol. The van der Waals surface area contributed by atoms with Gasteiger partial charge in [0.15, 0.2) is 0 Å². The van der Waals surface area contributed by atoms with E-state index in [4.69, 9.17) is 5.11 Å². The van der Waals surface area contributed by atoms with Crippen molar-refractivity contribution < 1.29 is 22.7 Å². The van der Waals surface area contributed by atoms with E-state index in [1.54, 1.807) is 13.2 Å². The van der Waals surface area contributed by atoms with Crippen molar-refractivity contribution in [3.63, 3.8) is 0 Å². The maximum atomic E-state index is 13.6. The first-order chi connectivity index (χ1) is 9.79. The van der Waals surface area contributed by atoms with E-state index in [1.165, 1.54) is 10.9 Å². The van der Waals surface area contributed by atoms with Gasteiger partial charge in [0.1, 0.15) is 10.7 Å². The topological polar surface area (TPSA) is 101 Å². The Morgan fingerprint density at radius 1 is 1.48 bits per heavy atom. The maximum absolute atomic E-state index is 13.6. The van der Waals surface area contributed by atoms with Crippen molar-refractivity contribution in [3.05, 3.63) is 47.5 Å². The van der Waals surface area contributed by atoms with Crippen LogP contribution < -0.4 is 4.72 Å². The molecule has 0 aliphatic carbocycles. The Morgan fingerprint density at radius 2 is 2.19 bits per heavy atom. The quantitative estimate of drug-likeness (QED) is 0.847. The first-order valence-corrected chi connectivity index (χ1v) is 7.28. The highest BCUT2D eigenvalue weighted by molar-refractivity contribution is 7.89. The highest BCUT2D eigenvalue weighted by Crippen LogP contribution is 2.17. The number of hydrogen-bond donors (Lipinski definition) is 2. The molecule has 0 spiro atoms. The molecule has 7 nitrogen and oxygen atoms in total. The Hall–Kier alpha value is -2.26. The van der Waals surface area contributed by atoms with E-state index in [0.717, 1.165) is 18.2 Å². The maximum Gasteiger partial charge on any atom is 0.335 e. The zero-order valence-electron chi connectivity index (χ0n) is 10.9. The van der Waals surface area contributed by atoms with Crippen LogP contribution >= 0.6 is 0 Å². The van der Waals surface area contributed by atoms with Crippen LogP contribution in [-0.4, -0.2) is 29.3 Å². The first kappa shape index (κ1) is 15.1. The fourth-order valence-corrected chi connectivity index (χ4v) is 2.78. The number of aromatic carboxylic acids is 1. The molecule has 112 valence electrons. The van der Waals surface area contributed by atoms with Crippen LogP contribution in [0.1, 0.15) is 15.9 Å². The van der Waals surface area contributed by atoms with Gasteiger partial charge in [0.05, 0.1) is 11.8 Å². The van der Waals surface area contributed by atoms with Crippen molar-refractivity contribution in [1.82, 2.24) is 14.5 Å². The molecule has 0 saturated heterocycles. The number of rotatable bonds is 5. The fourth-order valence-electron chi connectivity index (χ4n) is 1.66. The Bertz CT molecular complexity index is 786. The Labute approximate surface area is 120 Å². The van der Waals surface area contributed by atoms with Crippen LogP contribution in [0.25, 0.3) is 0 Å². The van der Waals surface area contributed by atoms with Crippen molar-refractivity contribution in [2.24, 2.45) is 7.05 Å². The molecule has 1 aromatic carbocycles. The SMILES string of the molecule is Cn1cc(CNS(=O)(=O)c2cc(C(=O)O)ccc2F)cn1. The fraction of sp³-hybridized carbons (Fsp3) is 0.167. The number of halogens is 1. The highest BCUT2D eigenvalue weighted by atomic mass is 32.2. The van der Waals surface area contributed by atoms with Gasteiger partial charge in [-0.1, -0.05) is 0 Å². The summed E-state index contributed by atoms with van der Waals surface area (Å²) in [6, 6.07) is 2.59. The van der Waals surface area contributed by atoms with Crippen LogP contribution in [0.15, 0.2) is 35.5 Å². The lowest BCUT2D eigenvalue weighted by Crippen LogP contribution is -2.24. The van der Waals surface area contributed by atoms with E-state index in [0.29, 0.717) is 5.56 Å². The van der Waals surface area contributed by atoms with Gasteiger partial charge >= 0.3 is 5.97 Å². The van der Waals surface area contributed by atoms with Crippen molar-refractivity contribution in [2.45, 2.75) is 11.4 Å². The Kier molecular flexibility index (Phi) is 4.05. The molecule has 0 aliphatic rings. The van der Waals surface area contributed by atoms with Crippen molar-refractivity contribution in [1.29, 1.82) is 0 Å². The zero-order chi connectivity index (χ0) is 15.6. The van der Waals surface area contributed by atoms with Gasteiger partial charge in [-0.15, -0.1) is 0 Å². The van der Waals surface area contributed by atoms with Crippen molar-refractivity contribution in [3.8, 4) is 0 Å². The summed E-state index contributed by atoms with van der Waals surface area (Å²) in [7, 11) is -2.49. The number of aryl methyl sites for hydroxylation is 1. The van der Waals surface area contributed by atoms with Gasteiger partial charge in [0.2, 0.25) is 10.0 Å². The molecule has 0 aliphatic heterocycles. The Morgan fingerprint density at radius 3 is 2.76 bits per heavy atom. The number of benzene rings is 1. The van der Waals surface area contributed by atoms with E-state index >= 15 is 0 Å². The van der Waals surface area contributed by atoms with Crippen LogP contribution in [0.3, 0.4) is 0 Å². The van der Waals surface area contributed by atoms with E-state index in [2.05, 4.69) is 9.82 Å². The first-order valence-electron chi connectivity index (χ1n) is 5.79. The normalized spacial score (nSPS) is 11.5. The van der Waals surface area contributed by atoms with Crippen LogP contribution in [0, 0.1) is 5.82 Å². The second kappa shape index (κ2) is 5.62. The minimum Gasteiger partial charge on any atom is -0.478 e. The summed E-state index contributed by atoms with van der Waals surface area (Å²) in [6.45, 7) is -0.0765.